The maximum absolute atomic E-state index is 13.1. The van der Waals surface area contributed by atoms with Crippen molar-refractivity contribution < 1.29 is 14.5 Å². The van der Waals surface area contributed by atoms with Crippen LogP contribution in [-0.2, 0) is 11.3 Å². The zero-order valence-electron chi connectivity index (χ0n) is 17.5. The van der Waals surface area contributed by atoms with Gasteiger partial charge in [0.1, 0.15) is 6.54 Å². The van der Waals surface area contributed by atoms with Crippen molar-refractivity contribution >= 4 is 23.6 Å². The quantitative estimate of drug-likeness (QED) is 0.735. The summed E-state index contributed by atoms with van der Waals surface area (Å²) in [6.45, 7) is 6.55. The molecule has 0 radical (unpaired) electrons. The summed E-state index contributed by atoms with van der Waals surface area (Å²) in [7, 11) is 3.50. The summed E-state index contributed by atoms with van der Waals surface area (Å²) >= 11 is 1.44. The largest absolute Gasteiger partial charge is 0.348 e. The molecule has 1 aliphatic heterocycles. The monoisotopic (exact) mass is 412 g/mol. The van der Waals surface area contributed by atoms with Crippen molar-refractivity contribution in [2.45, 2.75) is 18.4 Å². The van der Waals surface area contributed by atoms with Crippen LogP contribution >= 0.6 is 11.8 Å². The highest BCUT2D eigenvalue weighted by Gasteiger charge is 2.26. The van der Waals surface area contributed by atoms with E-state index in [1.807, 2.05) is 29.2 Å². The Morgan fingerprint density at radius 1 is 1.07 bits per heavy atom. The minimum Gasteiger partial charge on any atom is -0.348 e. The molecule has 2 aromatic rings. The summed E-state index contributed by atoms with van der Waals surface area (Å²) in [4.78, 5) is 30.9. The fraction of sp³-hybridized carbons (Fsp3) is 0.391. The van der Waals surface area contributed by atoms with Crippen LogP contribution in [0.4, 0.5) is 0 Å². The zero-order chi connectivity index (χ0) is 20.8. The summed E-state index contributed by atoms with van der Waals surface area (Å²) in [5.41, 5.74) is 3.34. The standard InChI is InChI=1S/C23H29N3O2S/c1-18-7-6-8-19(15-18)16-25-11-13-26(14-12-25)23(28)20-9-4-5-10-21(20)29-17-22(27)24(2)3/h4-10,15H,11-14,16-17H2,1-3H3/p+1. The van der Waals surface area contributed by atoms with Crippen molar-refractivity contribution in [3.8, 4) is 0 Å². The Hall–Kier alpha value is -2.31. The van der Waals surface area contributed by atoms with Gasteiger partial charge in [-0.1, -0.05) is 42.0 Å². The van der Waals surface area contributed by atoms with Crippen LogP contribution in [-0.4, -0.2) is 67.6 Å². The summed E-state index contributed by atoms with van der Waals surface area (Å²) < 4.78 is 0. The molecule has 0 atom stereocenters. The average molecular weight is 413 g/mol. The number of piperazine rings is 1. The number of aryl methyl sites for hydroxylation is 1. The summed E-state index contributed by atoms with van der Waals surface area (Å²) in [6.07, 6.45) is 0. The van der Waals surface area contributed by atoms with Gasteiger partial charge in [-0.05, 0) is 19.1 Å². The molecule has 3 rings (SSSR count). The fourth-order valence-electron chi connectivity index (χ4n) is 3.52. The number of quaternary nitrogens is 1. The molecule has 1 aliphatic rings. The van der Waals surface area contributed by atoms with Crippen LogP contribution in [0.2, 0.25) is 0 Å². The molecular formula is C23H30N3O2S+. The first-order chi connectivity index (χ1) is 13.9. The van der Waals surface area contributed by atoms with Crippen LogP contribution < -0.4 is 4.90 Å². The first-order valence-corrected chi connectivity index (χ1v) is 11.0. The lowest BCUT2D eigenvalue weighted by molar-refractivity contribution is -0.917. The number of benzene rings is 2. The Bertz CT molecular complexity index is 861. The van der Waals surface area contributed by atoms with Gasteiger partial charge in [0.25, 0.3) is 5.91 Å². The van der Waals surface area contributed by atoms with E-state index in [0.717, 1.165) is 37.6 Å². The minimum absolute atomic E-state index is 0.0469. The first kappa shape index (κ1) is 21.4. The van der Waals surface area contributed by atoms with Crippen LogP contribution in [0.1, 0.15) is 21.5 Å². The van der Waals surface area contributed by atoms with E-state index in [4.69, 9.17) is 0 Å². The van der Waals surface area contributed by atoms with E-state index in [0.29, 0.717) is 11.3 Å². The van der Waals surface area contributed by atoms with Gasteiger partial charge in [-0.3, -0.25) is 9.59 Å². The Balaban J connectivity index is 1.58. The van der Waals surface area contributed by atoms with E-state index in [-0.39, 0.29) is 11.8 Å². The zero-order valence-corrected chi connectivity index (χ0v) is 18.3. The molecule has 1 fully saturated rings. The highest BCUT2D eigenvalue weighted by atomic mass is 32.2. The number of thioether (sulfide) groups is 1. The van der Waals surface area contributed by atoms with Gasteiger partial charge in [-0.2, -0.15) is 0 Å². The van der Waals surface area contributed by atoms with E-state index in [1.165, 1.54) is 27.8 Å². The van der Waals surface area contributed by atoms with Crippen molar-refractivity contribution in [1.29, 1.82) is 0 Å². The van der Waals surface area contributed by atoms with Crippen molar-refractivity contribution in [2.75, 3.05) is 46.0 Å². The molecule has 0 saturated carbocycles. The molecule has 1 heterocycles. The third kappa shape index (κ3) is 5.84. The fourth-order valence-corrected chi connectivity index (χ4v) is 4.54. The Labute approximate surface area is 177 Å². The topological polar surface area (TPSA) is 45.1 Å². The van der Waals surface area contributed by atoms with Crippen LogP contribution in [0.5, 0.6) is 0 Å². The summed E-state index contributed by atoms with van der Waals surface area (Å²) in [6, 6.07) is 16.3. The average Bonchev–Trinajstić information content (AvgIpc) is 2.72. The number of rotatable bonds is 6. The van der Waals surface area contributed by atoms with Crippen LogP contribution in [0.25, 0.3) is 0 Å². The predicted molar refractivity (Wildman–Crippen MR) is 117 cm³/mol. The Morgan fingerprint density at radius 2 is 1.79 bits per heavy atom. The highest BCUT2D eigenvalue weighted by Crippen LogP contribution is 2.24. The number of hydrogen-bond acceptors (Lipinski definition) is 3. The number of hydrogen-bond donors (Lipinski definition) is 1. The van der Waals surface area contributed by atoms with Gasteiger partial charge in [0, 0.05) is 24.6 Å². The van der Waals surface area contributed by atoms with Crippen molar-refractivity contribution in [2.24, 2.45) is 0 Å². The van der Waals surface area contributed by atoms with Gasteiger partial charge in [0.2, 0.25) is 5.91 Å². The van der Waals surface area contributed by atoms with E-state index in [9.17, 15) is 9.59 Å². The molecule has 0 bridgehead atoms. The first-order valence-electron chi connectivity index (χ1n) is 10.0. The number of carbonyl (C=O) groups is 2. The van der Waals surface area contributed by atoms with Crippen LogP contribution in [0.15, 0.2) is 53.4 Å². The van der Waals surface area contributed by atoms with Crippen molar-refractivity contribution in [3.63, 3.8) is 0 Å². The molecule has 6 heteroatoms. The van der Waals surface area contributed by atoms with E-state index in [2.05, 4.69) is 31.2 Å². The van der Waals surface area contributed by atoms with Gasteiger partial charge in [0.15, 0.2) is 0 Å². The molecule has 0 aromatic heterocycles. The van der Waals surface area contributed by atoms with Crippen LogP contribution in [0, 0.1) is 6.92 Å². The molecule has 154 valence electrons. The molecule has 2 aromatic carbocycles. The molecule has 5 nitrogen and oxygen atoms in total. The lowest BCUT2D eigenvalue weighted by atomic mass is 10.1. The number of carbonyl (C=O) groups excluding carboxylic acids is 2. The number of nitrogens with one attached hydrogen (secondary N) is 1. The van der Waals surface area contributed by atoms with Crippen LogP contribution in [0.3, 0.4) is 0 Å². The van der Waals surface area contributed by atoms with E-state index < -0.39 is 0 Å². The molecule has 29 heavy (non-hydrogen) atoms. The molecule has 0 aliphatic carbocycles. The van der Waals surface area contributed by atoms with E-state index >= 15 is 0 Å². The summed E-state index contributed by atoms with van der Waals surface area (Å²) in [5.74, 6) is 0.455. The Kier molecular flexibility index (Phi) is 7.34. The molecule has 1 saturated heterocycles. The molecular weight excluding hydrogens is 382 g/mol. The van der Waals surface area contributed by atoms with Gasteiger partial charge < -0.3 is 14.7 Å². The maximum Gasteiger partial charge on any atom is 0.255 e. The van der Waals surface area contributed by atoms with Gasteiger partial charge >= 0.3 is 0 Å². The lowest BCUT2D eigenvalue weighted by Crippen LogP contribution is -3.13. The van der Waals surface area contributed by atoms with Gasteiger partial charge in [0.05, 0.1) is 37.5 Å². The summed E-state index contributed by atoms with van der Waals surface area (Å²) in [5, 5.41) is 0. The molecule has 0 spiro atoms. The maximum atomic E-state index is 13.1. The lowest BCUT2D eigenvalue weighted by Gasteiger charge is -2.32. The number of amides is 2. The van der Waals surface area contributed by atoms with Gasteiger partial charge in [-0.25, -0.2) is 0 Å². The highest BCUT2D eigenvalue weighted by molar-refractivity contribution is 8.00. The van der Waals surface area contributed by atoms with Gasteiger partial charge in [-0.15, -0.1) is 11.8 Å². The van der Waals surface area contributed by atoms with Crippen molar-refractivity contribution in [1.82, 2.24) is 9.80 Å². The molecule has 2 amide bonds. The third-order valence-corrected chi connectivity index (χ3v) is 6.32. The molecule has 0 unspecified atom stereocenters. The molecule has 1 N–H and O–H groups in total. The second-order valence-corrected chi connectivity index (χ2v) is 8.80. The smallest absolute Gasteiger partial charge is 0.255 e. The third-order valence-electron chi connectivity index (χ3n) is 5.26. The Morgan fingerprint density at radius 3 is 2.48 bits per heavy atom. The SMILES string of the molecule is Cc1cccc(C[NH+]2CCN(C(=O)c3ccccc3SCC(=O)N(C)C)CC2)c1. The minimum atomic E-state index is 0.0469. The van der Waals surface area contributed by atoms with E-state index in [1.54, 1.807) is 19.0 Å². The number of nitrogens with zero attached hydrogens (tertiary/aromatic N) is 2. The second-order valence-electron chi connectivity index (χ2n) is 7.78. The van der Waals surface area contributed by atoms with Crippen molar-refractivity contribution in [3.05, 3.63) is 65.2 Å². The normalized spacial score (nSPS) is 14.7. The predicted octanol–water partition coefficient (Wildman–Crippen LogP) is 1.72. The second kappa shape index (κ2) is 9.94.